The number of nitrogens with two attached hydrogens (primary N) is 1. The third-order valence-electron chi connectivity index (χ3n) is 3.88. The van der Waals surface area contributed by atoms with E-state index in [4.69, 9.17) is 5.73 Å². The molecule has 1 aromatic carbocycles. The molecule has 5 heteroatoms. The van der Waals surface area contributed by atoms with Gasteiger partial charge in [-0.15, -0.1) is 0 Å². The van der Waals surface area contributed by atoms with Crippen molar-refractivity contribution in [2.75, 3.05) is 24.5 Å². The fourth-order valence-corrected chi connectivity index (χ4v) is 2.73. The maximum Gasteiger partial charge on any atom is 0.336 e. The van der Waals surface area contributed by atoms with Gasteiger partial charge in [-0.05, 0) is 31.0 Å². The molecule has 20 heavy (non-hydrogen) atoms. The van der Waals surface area contributed by atoms with E-state index in [0.717, 1.165) is 30.8 Å². The molecule has 1 aliphatic heterocycles. The van der Waals surface area contributed by atoms with Gasteiger partial charge in [0.15, 0.2) is 0 Å². The highest BCUT2D eigenvalue weighted by atomic mass is 16.4. The van der Waals surface area contributed by atoms with Crippen LogP contribution in [-0.2, 0) is 0 Å². The van der Waals surface area contributed by atoms with Crippen molar-refractivity contribution in [3.05, 3.63) is 35.9 Å². The van der Waals surface area contributed by atoms with E-state index in [1.807, 2.05) is 18.2 Å². The van der Waals surface area contributed by atoms with Gasteiger partial charge in [-0.1, -0.05) is 18.2 Å². The molecule has 104 valence electrons. The number of nitrogens with zero attached hydrogens (tertiary/aromatic N) is 2. The summed E-state index contributed by atoms with van der Waals surface area (Å²) in [5.74, 6) is 0.285. The first-order valence-electron chi connectivity index (χ1n) is 6.77. The van der Waals surface area contributed by atoms with Crippen LogP contribution in [0.2, 0.25) is 0 Å². The number of carbonyl (C=O) groups is 1. The summed E-state index contributed by atoms with van der Waals surface area (Å²) in [4.78, 5) is 18.1. The van der Waals surface area contributed by atoms with E-state index in [2.05, 4.69) is 9.88 Å². The number of hydrogen-bond donors (Lipinski definition) is 2. The summed E-state index contributed by atoms with van der Waals surface area (Å²) < 4.78 is 0. The number of hydrogen-bond acceptors (Lipinski definition) is 4. The number of para-hydroxylation sites is 1. The third kappa shape index (κ3) is 2.20. The Hall–Kier alpha value is -2.14. The number of pyridine rings is 1. The van der Waals surface area contributed by atoms with Crippen LogP contribution in [0.15, 0.2) is 30.3 Å². The van der Waals surface area contributed by atoms with E-state index in [0.29, 0.717) is 23.4 Å². The Bertz CT molecular complexity index is 657. The summed E-state index contributed by atoms with van der Waals surface area (Å²) in [5.41, 5.74) is 6.73. The molecular weight excluding hydrogens is 254 g/mol. The van der Waals surface area contributed by atoms with Gasteiger partial charge in [-0.25, -0.2) is 9.78 Å². The molecular formula is C15H17N3O2. The molecule has 0 aliphatic carbocycles. The molecule has 0 spiro atoms. The van der Waals surface area contributed by atoms with Gasteiger partial charge < -0.3 is 15.7 Å². The number of rotatable bonds is 3. The zero-order valence-electron chi connectivity index (χ0n) is 11.1. The monoisotopic (exact) mass is 271 g/mol. The Morgan fingerprint density at radius 2 is 2.25 bits per heavy atom. The lowest BCUT2D eigenvalue weighted by atomic mass is 10.1. The predicted octanol–water partition coefficient (Wildman–Crippen LogP) is 1.72. The Balaban J connectivity index is 2.06. The van der Waals surface area contributed by atoms with Crippen LogP contribution in [-0.4, -0.2) is 35.7 Å². The second kappa shape index (κ2) is 5.09. The van der Waals surface area contributed by atoms with Crippen LogP contribution in [0, 0.1) is 5.92 Å². The molecule has 1 saturated heterocycles. The number of fused-ring (bicyclic) bond motifs is 1. The molecule has 1 unspecified atom stereocenters. The number of carboxylic acid groups (broad SMARTS) is 1. The molecule has 5 nitrogen and oxygen atoms in total. The predicted molar refractivity (Wildman–Crippen MR) is 78.1 cm³/mol. The van der Waals surface area contributed by atoms with Crippen molar-refractivity contribution in [3.63, 3.8) is 0 Å². The fourth-order valence-electron chi connectivity index (χ4n) is 2.73. The Kier molecular flexibility index (Phi) is 3.28. The lowest BCUT2D eigenvalue weighted by Crippen LogP contribution is -2.23. The van der Waals surface area contributed by atoms with Gasteiger partial charge in [0, 0.05) is 18.5 Å². The molecule has 0 saturated carbocycles. The number of carboxylic acids is 1. The maximum atomic E-state index is 11.4. The number of benzene rings is 1. The molecule has 1 aromatic heterocycles. The van der Waals surface area contributed by atoms with Gasteiger partial charge in [0.2, 0.25) is 0 Å². The lowest BCUT2D eigenvalue weighted by Gasteiger charge is -2.18. The average Bonchev–Trinajstić information content (AvgIpc) is 2.95. The number of aromatic carboxylic acids is 1. The Morgan fingerprint density at radius 1 is 1.45 bits per heavy atom. The second-order valence-corrected chi connectivity index (χ2v) is 5.19. The van der Waals surface area contributed by atoms with E-state index in [1.54, 1.807) is 12.1 Å². The van der Waals surface area contributed by atoms with Crippen LogP contribution in [0.3, 0.4) is 0 Å². The van der Waals surface area contributed by atoms with Gasteiger partial charge in [0.05, 0.1) is 11.1 Å². The van der Waals surface area contributed by atoms with Crippen LogP contribution in [0.4, 0.5) is 5.82 Å². The highest BCUT2D eigenvalue weighted by molar-refractivity contribution is 6.03. The summed E-state index contributed by atoms with van der Waals surface area (Å²) in [5, 5.41) is 10.1. The first kappa shape index (κ1) is 12.9. The van der Waals surface area contributed by atoms with Crippen molar-refractivity contribution in [2.24, 2.45) is 11.7 Å². The van der Waals surface area contributed by atoms with Crippen LogP contribution >= 0.6 is 0 Å². The van der Waals surface area contributed by atoms with Crippen LogP contribution in [0.1, 0.15) is 16.8 Å². The minimum atomic E-state index is -0.917. The zero-order chi connectivity index (χ0) is 14.1. The van der Waals surface area contributed by atoms with Crippen molar-refractivity contribution in [3.8, 4) is 0 Å². The van der Waals surface area contributed by atoms with Crippen molar-refractivity contribution >= 4 is 22.7 Å². The topological polar surface area (TPSA) is 79.5 Å². The molecule has 3 N–H and O–H groups in total. The Labute approximate surface area is 117 Å². The van der Waals surface area contributed by atoms with E-state index < -0.39 is 5.97 Å². The van der Waals surface area contributed by atoms with E-state index in [1.165, 1.54) is 0 Å². The Morgan fingerprint density at radius 3 is 2.95 bits per heavy atom. The molecule has 2 heterocycles. The van der Waals surface area contributed by atoms with Gasteiger partial charge in [-0.3, -0.25) is 0 Å². The minimum Gasteiger partial charge on any atom is -0.478 e. The van der Waals surface area contributed by atoms with Gasteiger partial charge in [0.25, 0.3) is 0 Å². The second-order valence-electron chi connectivity index (χ2n) is 5.19. The van der Waals surface area contributed by atoms with Crippen LogP contribution < -0.4 is 10.6 Å². The highest BCUT2D eigenvalue weighted by Gasteiger charge is 2.23. The van der Waals surface area contributed by atoms with Crippen LogP contribution in [0.25, 0.3) is 10.9 Å². The standard InChI is InChI=1S/C15H17N3O2/c16-8-10-5-6-18(9-10)14-7-12(15(19)20)11-3-1-2-4-13(11)17-14/h1-4,7,10H,5-6,8-9,16H2,(H,19,20). The molecule has 0 amide bonds. The molecule has 2 aromatic rings. The largest absolute Gasteiger partial charge is 0.478 e. The molecule has 3 rings (SSSR count). The summed E-state index contributed by atoms with van der Waals surface area (Å²) in [6.07, 6.45) is 1.04. The molecule has 1 fully saturated rings. The number of anilines is 1. The average molecular weight is 271 g/mol. The highest BCUT2D eigenvalue weighted by Crippen LogP contribution is 2.26. The first-order valence-corrected chi connectivity index (χ1v) is 6.77. The quantitative estimate of drug-likeness (QED) is 0.888. The fraction of sp³-hybridized carbons (Fsp3) is 0.333. The summed E-state index contributed by atoms with van der Waals surface area (Å²) in [6, 6.07) is 9.02. The van der Waals surface area contributed by atoms with Crippen LogP contribution in [0.5, 0.6) is 0 Å². The minimum absolute atomic E-state index is 0.307. The van der Waals surface area contributed by atoms with Crippen molar-refractivity contribution in [1.29, 1.82) is 0 Å². The first-order chi connectivity index (χ1) is 9.69. The molecule has 1 atom stereocenters. The van der Waals surface area contributed by atoms with E-state index in [9.17, 15) is 9.90 Å². The van der Waals surface area contributed by atoms with Crippen molar-refractivity contribution < 1.29 is 9.90 Å². The summed E-state index contributed by atoms with van der Waals surface area (Å²) in [7, 11) is 0. The van der Waals surface area contributed by atoms with Gasteiger partial charge in [0.1, 0.15) is 5.82 Å². The van der Waals surface area contributed by atoms with Crippen molar-refractivity contribution in [1.82, 2.24) is 4.98 Å². The zero-order valence-corrected chi connectivity index (χ0v) is 11.1. The SMILES string of the molecule is NCC1CCN(c2cc(C(=O)O)c3ccccc3n2)C1. The molecule has 0 radical (unpaired) electrons. The van der Waals surface area contributed by atoms with Gasteiger partial charge >= 0.3 is 5.97 Å². The van der Waals surface area contributed by atoms with E-state index in [-0.39, 0.29) is 0 Å². The van der Waals surface area contributed by atoms with E-state index >= 15 is 0 Å². The lowest BCUT2D eigenvalue weighted by molar-refractivity contribution is 0.0699. The maximum absolute atomic E-state index is 11.4. The summed E-state index contributed by atoms with van der Waals surface area (Å²) in [6.45, 7) is 2.39. The van der Waals surface area contributed by atoms with Gasteiger partial charge in [-0.2, -0.15) is 0 Å². The third-order valence-corrected chi connectivity index (χ3v) is 3.88. The molecule has 0 bridgehead atoms. The number of aromatic nitrogens is 1. The molecule has 1 aliphatic rings. The normalized spacial score (nSPS) is 18.6. The van der Waals surface area contributed by atoms with Crippen molar-refractivity contribution in [2.45, 2.75) is 6.42 Å². The smallest absolute Gasteiger partial charge is 0.336 e. The summed E-state index contributed by atoms with van der Waals surface area (Å²) >= 11 is 0.